The lowest BCUT2D eigenvalue weighted by atomic mass is 10.2. The van der Waals surface area contributed by atoms with Gasteiger partial charge in [-0.05, 0) is 56.5 Å². The van der Waals surface area contributed by atoms with Gasteiger partial charge in [0.25, 0.3) is 0 Å². The summed E-state index contributed by atoms with van der Waals surface area (Å²) in [4.78, 5) is 20.7. The topological polar surface area (TPSA) is 96.9 Å². The van der Waals surface area contributed by atoms with Crippen LogP contribution in [0.1, 0.15) is 38.7 Å². The van der Waals surface area contributed by atoms with Gasteiger partial charge in [-0.15, -0.1) is 24.0 Å². The molecule has 1 aromatic carbocycles. The fourth-order valence-electron chi connectivity index (χ4n) is 2.93. The van der Waals surface area contributed by atoms with Gasteiger partial charge >= 0.3 is 0 Å². The van der Waals surface area contributed by atoms with E-state index in [-0.39, 0.29) is 35.8 Å². The van der Waals surface area contributed by atoms with Gasteiger partial charge in [-0.25, -0.2) is 9.98 Å². The number of carbonyl (C=O) groups excluding carboxylic acids is 1. The molecule has 1 aromatic heterocycles. The first-order valence-electron chi connectivity index (χ1n) is 11.3. The molecule has 1 amide bonds. The minimum Gasteiger partial charge on any atom is -0.494 e. The molecular formula is C24H34IN5O3. The van der Waals surface area contributed by atoms with E-state index < -0.39 is 0 Å². The smallest absolute Gasteiger partial charge is 0.224 e. The van der Waals surface area contributed by atoms with Crippen LogP contribution in [0.3, 0.4) is 0 Å². The van der Waals surface area contributed by atoms with E-state index in [2.05, 4.69) is 32.9 Å². The monoisotopic (exact) mass is 567 g/mol. The molecule has 0 aliphatic heterocycles. The van der Waals surface area contributed by atoms with E-state index in [1.807, 2.05) is 43.3 Å². The van der Waals surface area contributed by atoms with Crippen molar-refractivity contribution in [3.63, 3.8) is 0 Å². The second-order valence-electron chi connectivity index (χ2n) is 7.58. The molecule has 2 aromatic rings. The maximum Gasteiger partial charge on any atom is 0.224 e. The van der Waals surface area contributed by atoms with Crippen molar-refractivity contribution in [2.24, 2.45) is 10.9 Å². The van der Waals surface area contributed by atoms with Crippen LogP contribution < -0.4 is 25.4 Å². The van der Waals surface area contributed by atoms with Crippen LogP contribution in [0.25, 0.3) is 0 Å². The van der Waals surface area contributed by atoms with Crippen LogP contribution >= 0.6 is 24.0 Å². The Morgan fingerprint density at radius 2 is 1.79 bits per heavy atom. The highest BCUT2D eigenvalue weighted by Crippen LogP contribution is 2.28. The van der Waals surface area contributed by atoms with Gasteiger partial charge in [-0.1, -0.05) is 13.0 Å². The Morgan fingerprint density at radius 1 is 1.06 bits per heavy atom. The predicted molar refractivity (Wildman–Crippen MR) is 141 cm³/mol. The lowest BCUT2D eigenvalue weighted by Gasteiger charge is -2.13. The van der Waals surface area contributed by atoms with Gasteiger partial charge in [-0.3, -0.25) is 4.79 Å². The third kappa shape index (κ3) is 9.45. The van der Waals surface area contributed by atoms with E-state index in [4.69, 9.17) is 9.47 Å². The van der Waals surface area contributed by atoms with E-state index in [1.165, 1.54) is 0 Å². The fourth-order valence-corrected chi connectivity index (χ4v) is 2.93. The van der Waals surface area contributed by atoms with Crippen LogP contribution in [0.4, 0.5) is 0 Å². The first-order chi connectivity index (χ1) is 15.7. The molecule has 8 nitrogen and oxygen atoms in total. The summed E-state index contributed by atoms with van der Waals surface area (Å²) in [7, 11) is 0. The number of carbonyl (C=O) groups is 1. The molecule has 0 bridgehead atoms. The Labute approximate surface area is 213 Å². The molecule has 0 spiro atoms. The van der Waals surface area contributed by atoms with E-state index >= 15 is 0 Å². The highest BCUT2D eigenvalue weighted by atomic mass is 127. The Morgan fingerprint density at radius 3 is 2.48 bits per heavy atom. The van der Waals surface area contributed by atoms with Crippen molar-refractivity contribution < 1.29 is 14.3 Å². The number of pyridine rings is 1. The van der Waals surface area contributed by atoms with Gasteiger partial charge in [0, 0.05) is 37.3 Å². The van der Waals surface area contributed by atoms with Crippen molar-refractivity contribution in [1.29, 1.82) is 0 Å². The fraction of sp³-hybridized carbons (Fsp3) is 0.458. The summed E-state index contributed by atoms with van der Waals surface area (Å²) < 4.78 is 11.6. The highest BCUT2D eigenvalue weighted by Gasteiger charge is 2.28. The molecule has 0 unspecified atom stereocenters. The quantitative estimate of drug-likeness (QED) is 0.156. The normalized spacial score (nSPS) is 13.0. The summed E-state index contributed by atoms with van der Waals surface area (Å²) in [6.45, 7) is 7.10. The maximum absolute atomic E-state index is 11.7. The zero-order chi connectivity index (χ0) is 22.6. The molecule has 3 rings (SSSR count). The zero-order valence-electron chi connectivity index (χ0n) is 19.3. The molecule has 33 heavy (non-hydrogen) atoms. The lowest BCUT2D eigenvalue weighted by Crippen LogP contribution is -2.41. The van der Waals surface area contributed by atoms with Crippen LogP contribution in [0, 0.1) is 5.92 Å². The van der Waals surface area contributed by atoms with Crippen molar-refractivity contribution >= 4 is 35.8 Å². The predicted octanol–water partition coefficient (Wildman–Crippen LogP) is 3.86. The molecule has 0 radical (unpaired) electrons. The average Bonchev–Trinajstić information content (AvgIpc) is 3.66. The van der Waals surface area contributed by atoms with Crippen LogP contribution in [0.15, 0.2) is 47.6 Å². The number of aromatic nitrogens is 1. The van der Waals surface area contributed by atoms with Gasteiger partial charge in [0.2, 0.25) is 11.8 Å². The molecule has 3 N–H and O–H groups in total. The summed E-state index contributed by atoms with van der Waals surface area (Å²) in [6.07, 6.45) is 4.69. The van der Waals surface area contributed by atoms with Gasteiger partial charge in [0.15, 0.2) is 5.96 Å². The van der Waals surface area contributed by atoms with Crippen LogP contribution in [0.2, 0.25) is 0 Å². The van der Waals surface area contributed by atoms with Gasteiger partial charge in [0.05, 0.1) is 13.2 Å². The minimum absolute atomic E-state index is 0. The van der Waals surface area contributed by atoms with Gasteiger partial charge < -0.3 is 25.4 Å². The van der Waals surface area contributed by atoms with Crippen molar-refractivity contribution in [3.05, 3.63) is 48.2 Å². The standard InChI is InChI=1S/C24H33N5O3.HI/c1-3-16-31-20-9-11-21(12-10-20)32-23-19(6-5-13-27-23)17-29-24(25-4-2)28-15-14-26-22(30)18-7-8-18;/h5-6,9-13,18H,3-4,7-8,14-17H2,1-2H3,(H,26,30)(H2,25,28,29);1H. The van der Waals surface area contributed by atoms with E-state index in [1.54, 1.807) is 6.20 Å². The van der Waals surface area contributed by atoms with E-state index in [0.29, 0.717) is 43.8 Å². The number of guanidine groups is 1. The third-order valence-electron chi connectivity index (χ3n) is 4.78. The molecule has 0 atom stereocenters. The first-order valence-corrected chi connectivity index (χ1v) is 11.3. The Bertz CT molecular complexity index is 888. The molecule has 180 valence electrons. The van der Waals surface area contributed by atoms with Crippen LogP contribution in [0.5, 0.6) is 17.4 Å². The number of ether oxygens (including phenoxy) is 2. The number of hydrogen-bond donors (Lipinski definition) is 3. The van der Waals surface area contributed by atoms with E-state index in [9.17, 15) is 4.79 Å². The highest BCUT2D eigenvalue weighted by molar-refractivity contribution is 14.0. The number of nitrogens with one attached hydrogen (secondary N) is 3. The van der Waals surface area contributed by atoms with E-state index in [0.717, 1.165) is 37.1 Å². The summed E-state index contributed by atoms with van der Waals surface area (Å²) in [5, 5.41) is 9.41. The second-order valence-corrected chi connectivity index (χ2v) is 7.58. The summed E-state index contributed by atoms with van der Waals surface area (Å²) in [5.41, 5.74) is 0.873. The Hall–Kier alpha value is -2.56. The molecule has 1 fully saturated rings. The maximum atomic E-state index is 11.7. The number of hydrogen-bond acceptors (Lipinski definition) is 5. The van der Waals surface area contributed by atoms with Crippen LogP contribution in [-0.4, -0.2) is 43.1 Å². The Kier molecular flexibility index (Phi) is 11.8. The summed E-state index contributed by atoms with van der Waals surface area (Å²) >= 11 is 0. The average molecular weight is 567 g/mol. The molecular weight excluding hydrogens is 533 g/mol. The second kappa shape index (κ2) is 14.6. The number of amides is 1. The molecule has 1 heterocycles. The van der Waals surface area contributed by atoms with Crippen LogP contribution in [-0.2, 0) is 11.3 Å². The van der Waals surface area contributed by atoms with Gasteiger partial charge in [-0.2, -0.15) is 0 Å². The summed E-state index contributed by atoms with van der Waals surface area (Å²) in [5.74, 6) is 3.08. The van der Waals surface area contributed by atoms with Crippen molar-refractivity contribution in [3.8, 4) is 17.4 Å². The largest absolute Gasteiger partial charge is 0.494 e. The van der Waals surface area contributed by atoms with Crippen molar-refractivity contribution in [1.82, 2.24) is 20.9 Å². The third-order valence-corrected chi connectivity index (χ3v) is 4.78. The SMILES string of the molecule is CCCOc1ccc(Oc2ncccc2CN=C(NCC)NCCNC(=O)C2CC2)cc1.I. The first kappa shape index (κ1) is 26.7. The number of benzene rings is 1. The summed E-state index contributed by atoms with van der Waals surface area (Å²) in [6, 6.07) is 11.3. The number of aliphatic imine (C=N–C) groups is 1. The molecule has 1 saturated carbocycles. The van der Waals surface area contributed by atoms with Crippen molar-refractivity contribution in [2.45, 2.75) is 39.7 Å². The molecule has 9 heteroatoms. The Balaban J connectivity index is 0.00000385. The number of rotatable bonds is 12. The molecule has 0 saturated heterocycles. The number of nitrogens with zero attached hydrogens (tertiary/aromatic N) is 2. The van der Waals surface area contributed by atoms with Gasteiger partial charge in [0.1, 0.15) is 11.5 Å². The number of halogens is 1. The lowest BCUT2D eigenvalue weighted by molar-refractivity contribution is -0.122. The van der Waals surface area contributed by atoms with Crippen molar-refractivity contribution in [2.75, 3.05) is 26.2 Å². The molecule has 1 aliphatic carbocycles. The zero-order valence-corrected chi connectivity index (χ0v) is 21.6. The molecule has 1 aliphatic rings. The minimum atomic E-state index is 0.